The van der Waals surface area contributed by atoms with Crippen molar-refractivity contribution in [1.82, 2.24) is 14.9 Å². The van der Waals surface area contributed by atoms with Crippen LogP contribution in [0, 0.1) is 0 Å². The molecule has 1 aromatic carbocycles. The van der Waals surface area contributed by atoms with Crippen molar-refractivity contribution in [3.8, 4) is 11.1 Å². The van der Waals surface area contributed by atoms with E-state index in [9.17, 15) is 0 Å². The fourth-order valence-corrected chi connectivity index (χ4v) is 3.66. The molecule has 1 aliphatic carbocycles. The summed E-state index contributed by atoms with van der Waals surface area (Å²) in [5, 5.41) is 6.97. The number of anilines is 1. The highest BCUT2D eigenvalue weighted by Gasteiger charge is 2.24. The Hall–Kier alpha value is -1.98. The van der Waals surface area contributed by atoms with E-state index in [-0.39, 0.29) is 0 Å². The zero-order valence-corrected chi connectivity index (χ0v) is 14.2. The van der Waals surface area contributed by atoms with E-state index in [0.29, 0.717) is 6.04 Å². The molecule has 2 aromatic heterocycles. The molecule has 4 nitrogen and oxygen atoms in total. The van der Waals surface area contributed by atoms with Gasteiger partial charge in [0.25, 0.3) is 0 Å². The highest BCUT2D eigenvalue weighted by molar-refractivity contribution is 7.17. The summed E-state index contributed by atoms with van der Waals surface area (Å²) in [6.07, 6.45) is 2.47. The zero-order valence-electron chi connectivity index (χ0n) is 13.4. The van der Waals surface area contributed by atoms with Gasteiger partial charge in [0.15, 0.2) is 0 Å². The maximum Gasteiger partial charge on any atom is 0.146 e. The molecule has 4 rings (SSSR count). The predicted octanol–water partition coefficient (Wildman–Crippen LogP) is 3.99. The number of nitrogens with zero attached hydrogens (tertiary/aromatic N) is 3. The summed E-state index contributed by atoms with van der Waals surface area (Å²) >= 11 is 1.70. The molecule has 0 amide bonds. The first kappa shape index (κ1) is 14.6. The SMILES string of the molecule is CN(C)Cc1nc(NC2CC2)c2c(-c3ccccc3)csc2n1. The van der Waals surface area contributed by atoms with E-state index in [1.165, 1.54) is 24.0 Å². The molecule has 3 aromatic rings. The van der Waals surface area contributed by atoms with Crippen LogP contribution in [0.3, 0.4) is 0 Å². The van der Waals surface area contributed by atoms with Gasteiger partial charge in [-0.15, -0.1) is 11.3 Å². The van der Waals surface area contributed by atoms with Gasteiger partial charge in [-0.1, -0.05) is 30.3 Å². The molecule has 0 spiro atoms. The number of fused-ring (bicyclic) bond motifs is 1. The minimum absolute atomic E-state index is 0.573. The predicted molar refractivity (Wildman–Crippen MR) is 96.9 cm³/mol. The number of aromatic nitrogens is 2. The molecule has 0 atom stereocenters. The second-order valence-corrected chi connectivity index (χ2v) is 7.20. The van der Waals surface area contributed by atoms with Gasteiger partial charge in [-0.05, 0) is 32.5 Å². The molecule has 1 aliphatic rings. The highest BCUT2D eigenvalue weighted by Crippen LogP contribution is 2.38. The minimum Gasteiger partial charge on any atom is -0.367 e. The lowest BCUT2D eigenvalue weighted by atomic mass is 10.1. The molecular weight excluding hydrogens is 304 g/mol. The smallest absolute Gasteiger partial charge is 0.146 e. The zero-order chi connectivity index (χ0) is 15.8. The Morgan fingerprint density at radius 2 is 1.96 bits per heavy atom. The molecule has 1 fully saturated rings. The molecule has 0 unspecified atom stereocenters. The van der Waals surface area contributed by atoms with E-state index in [0.717, 1.165) is 28.4 Å². The number of thiophene rings is 1. The lowest BCUT2D eigenvalue weighted by Gasteiger charge is -2.12. The maximum absolute atomic E-state index is 4.82. The number of hydrogen-bond donors (Lipinski definition) is 1. The maximum atomic E-state index is 4.82. The van der Waals surface area contributed by atoms with Crippen LogP contribution in [0.1, 0.15) is 18.7 Å². The van der Waals surface area contributed by atoms with Crippen LogP contribution in [-0.2, 0) is 6.54 Å². The van der Waals surface area contributed by atoms with Gasteiger partial charge in [-0.25, -0.2) is 9.97 Å². The lowest BCUT2D eigenvalue weighted by Crippen LogP contribution is -2.15. The fourth-order valence-electron chi connectivity index (χ4n) is 2.70. The molecule has 0 aliphatic heterocycles. The normalized spacial score (nSPS) is 14.6. The van der Waals surface area contributed by atoms with Crippen molar-refractivity contribution in [2.75, 3.05) is 19.4 Å². The summed E-state index contributed by atoms with van der Waals surface area (Å²) in [5.41, 5.74) is 2.45. The Bertz CT molecular complexity index is 822. The van der Waals surface area contributed by atoms with Gasteiger partial charge in [0.1, 0.15) is 16.5 Å². The van der Waals surface area contributed by atoms with Crippen molar-refractivity contribution >= 4 is 27.4 Å². The van der Waals surface area contributed by atoms with Crippen molar-refractivity contribution in [3.63, 3.8) is 0 Å². The Kier molecular flexibility index (Phi) is 3.75. The van der Waals surface area contributed by atoms with E-state index >= 15 is 0 Å². The van der Waals surface area contributed by atoms with Crippen molar-refractivity contribution < 1.29 is 0 Å². The summed E-state index contributed by atoms with van der Waals surface area (Å²) in [4.78, 5) is 12.8. The lowest BCUT2D eigenvalue weighted by molar-refractivity contribution is 0.391. The number of nitrogens with one attached hydrogen (secondary N) is 1. The van der Waals surface area contributed by atoms with Crippen molar-refractivity contribution in [2.45, 2.75) is 25.4 Å². The number of rotatable bonds is 5. The molecule has 0 saturated heterocycles. The third kappa shape index (κ3) is 3.07. The summed E-state index contributed by atoms with van der Waals surface area (Å²) in [6.45, 7) is 0.758. The van der Waals surface area contributed by atoms with Crippen molar-refractivity contribution in [2.24, 2.45) is 0 Å². The molecule has 1 N–H and O–H groups in total. The first-order valence-electron chi connectivity index (χ1n) is 7.95. The largest absolute Gasteiger partial charge is 0.367 e. The van der Waals surface area contributed by atoms with Crippen molar-refractivity contribution in [1.29, 1.82) is 0 Å². The van der Waals surface area contributed by atoms with Crippen LogP contribution in [0.4, 0.5) is 5.82 Å². The minimum atomic E-state index is 0.573. The molecule has 118 valence electrons. The molecule has 1 saturated carbocycles. The first-order chi connectivity index (χ1) is 11.2. The summed E-state index contributed by atoms with van der Waals surface area (Å²) in [7, 11) is 4.09. The average Bonchev–Trinajstić information content (AvgIpc) is 3.24. The third-order valence-electron chi connectivity index (χ3n) is 3.94. The van der Waals surface area contributed by atoms with E-state index in [2.05, 4.69) is 39.9 Å². The van der Waals surface area contributed by atoms with Crippen LogP contribution in [0.15, 0.2) is 35.7 Å². The van der Waals surface area contributed by atoms with Crippen LogP contribution in [0.2, 0.25) is 0 Å². The van der Waals surface area contributed by atoms with Gasteiger partial charge in [-0.2, -0.15) is 0 Å². The Balaban J connectivity index is 1.86. The number of hydrogen-bond acceptors (Lipinski definition) is 5. The van der Waals surface area contributed by atoms with E-state index < -0.39 is 0 Å². The van der Waals surface area contributed by atoms with Crippen LogP contribution in [-0.4, -0.2) is 35.0 Å². The average molecular weight is 324 g/mol. The molecule has 23 heavy (non-hydrogen) atoms. The van der Waals surface area contributed by atoms with Crippen molar-refractivity contribution in [3.05, 3.63) is 41.5 Å². The van der Waals surface area contributed by atoms with E-state index in [4.69, 9.17) is 9.97 Å². The van der Waals surface area contributed by atoms with Gasteiger partial charge in [0.05, 0.1) is 11.9 Å². The molecule has 0 bridgehead atoms. The molecule has 5 heteroatoms. The Morgan fingerprint density at radius 1 is 1.17 bits per heavy atom. The number of benzene rings is 1. The van der Waals surface area contributed by atoms with Crippen LogP contribution in [0.25, 0.3) is 21.3 Å². The van der Waals surface area contributed by atoms with Crippen LogP contribution in [0.5, 0.6) is 0 Å². The van der Waals surface area contributed by atoms with Gasteiger partial charge in [0, 0.05) is 17.0 Å². The fraction of sp³-hybridized carbons (Fsp3) is 0.333. The van der Waals surface area contributed by atoms with E-state index in [1.807, 2.05) is 20.2 Å². The third-order valence-corrected chi connectivity index (χ3v) is 4.81. The highest BCUT2D eigenvalue weighted by atomic mass is 32.1. The topological polar surface area (TPSA) is 41.1 Å². The second kappa shape index (κ2) is 5.91. The monoisotopic (exact) mass is 324 g/mol. The summed E-state index contributed by atoms with van der Waals surface area (Å²) in [5.74, 6) is 1.88. The van der Waals surface area contributed by atoms with Crippen LogP contribution >= 0.6 is 11.3 Å². The molecule has 2 heterocycles. The molecule has 0 radical (unpaired) electrons. The van der Waals surface area contributed by atoms with Gasteiger partial charge in [0.2, 0.25) is 0 Å². The van der Waals surface area contributed by atoms with E-state index in [1.54, 1.807) is 11.3 Å². The van der Waals surface area contributed by atoms with Gasteiger partial charge < -0.3 is 10.2 Å². The molecular formula is C18H20N4S. The Labute approximate surface area is 140 Å². The second-order valence-electron chi connectivity index (χ2n) is 6.34. The first-order valence-corrected chi connectivity index (χ1v) is 8.83. The Morgan fingerprint density at radius 3 is 2.65 bits per heavy atom. The van der Waals surface area contributed by atoms with Gasteiger partial charge in [-0.3, -0.25) is 0 Å². The quantitative estimate of drug-likeness (QED) is 0.770. The summed E-state index contributed by atoms with van der Waals surface area (Å²) < 4.78 is 0. The standard InChI is InChI=1S/C18H20N4S/c1-22(2)10-15-20-17(19-13-8-9-13)16-14(11-23-18(16)21-15)12-6-4-3-5-7-12/h3-7,11,13H,8-10H2,1-2H3,(H,19,20,21). The summed E-state index contributed by atoms with van der Waals surface area (Å²) in [6, 6.07) is 11.1. The van der Waals surface area contributed by atoms with Gasteiger partial charge >= 0.3 is 0 Å². The van der Waals surface area contributed by atoms with Crippen LogP contribution < -0.4 is 5.32 Å².